The van der Waals surface area contributed by atoms with Gasteiger partial charge in [-0.3, -0.25) is 0 Å². The van der Waals surface area contributed by atoms with E-state index in [0.717, 1.165) is 10.3 Å². The molecule has 0 aliphatic carbocycles. The van der Waals surface area contributed by atoms with Crippen molar-refractivity contribution < 1.29 is 5.11 Å². The largest absolute Gasteiger partial charge is 0.506 e. The van der Waals surface area contributed by atoms with Gasteiger partial charge in [0.05, 0.1) is 10.8 Å². The fourth-order valence-electron chi connectivity index (χ4n) is 1.28. The van der Waals surface area contributed by atoms with Crippen molar-refractivity contribution in [3.05, 3.63) is 23.8 Å². The van der Waals surface area contributed by atoms with Gasteiger partial charge in [0.2, 0.25) is 0 Å². The molecule has 0 atom stereocenters. The van der Waals surface area contributed by atoms with Crippen LogP contribution in [-0.2, 0) is 0 Å². The van der Waals surface area contributed by atoms with E-state index in [9.17, 15) is 5.11 Å². The molecular weight excluding hydrogens is 210 g/mol. The molecule has 0 aliphatic rings. The number of allylic oxidation sites excluding steroid dienone is 1. The van der Waals surface area contributed by atoms with E-state index < -0.39 is 0 Å². The standard InChI is InChI=1S/C10H7N3OS/c11-3-1-2-6-4-7(14)9-8(5-6)15-10(12)13-9/h1-2,4-5,14H,(H2,12,13)/b2-1+. The number of aromatic nitrogens is 1. The summed E-state index contributed by atoms with van der Waals surface area (Å²) >= 11 is 1.30. The third-order valence-corrected chi connectivity index (χ3v) is 2.70. The molecule has 0 aliphatic heterocycles. The first-order valence-corrected chi connectivity index (χ1v) is 4.97. The van der Waals surface area contributed by atoms with E-state index in [1.807, 2.05) is 12.1 Å². The summed E-state index contributed by atoms with van der Waals surface area (Å²) < 4.78 is 0.810. The van der Waals surface area contributed by atoms with Crippen LogP contribution in [0.1, 0.15) is 5.56 Å². The molecule has 2 rings (SSSR count). The van der Waals surface area contributed by atoms with E-state index in [0.29, 0.717) is 10.6 Å². The third kappa shape index (κ3) is 1.75. The van der Waals surface area contributed by atoms with Gasteiger partial charge < -0.3 is 10.8 Å². The number of nitrogen functional groups attached to an aromatic ring is 1. The van der Waals surface area contributed by atoms with E-state index >= 15 is 0 Å². The quantitative estimate of drug-likeness (QED) is 0.717. The van der Waals surface area contributed by atoms with Gasteiger partial charge in [-0.2, -0.15) is 5.26 Å². The average Bonchev–Trinajstić information content (AvgIpc) is 2.56. The summed E-state index contributed by atoms with van der Waals surface area (Å²) in [4.78, 5) is 3.99. The lowest BCUT2D eigenvalue weighted by atomic mass is 10.2. The topological polar surface area (TPSA) is 82.9 Å². The van der Waals surface area contributed by atoms with Crippen molar-refractivity contribution >= 4 is 32.8 Å². The van der Waals surface area contributed by atoms with Crippen LogP contribution < -0.4 is 5.73 Å². The Balaban J connectivity index is 2.62. The molecule has 0 unspecified atom stereocenters. The molecular formula is C10H7N3OS. The van der Waals surface area contributed by atoms with Crippen LogP contribution in [0.25, 0.3) is 16.3 Å². The summed E-state index contributed by atoms with van der Waals surface area (Å²) in [7, 11) is 0. The van der Waals surface area contributed by atoms with Gasteiger partial charge >= 0.3 is 0 Å². The van der Waals surface area contributed by atoms with Gasteiger partial charge in [-0.1, -0.05) is 11.3 Å². The van der Waals surface area contributed by atoms with Crippen molar-refractivity contribution in [3.8, 4) is 11.8 Å². The van der Waals surface area contributed by atoms with Crippen LogP contribution >= 0.6 is 11.3 Å². The van der Waals surface area contributed by atoms with Crippen molar-refractivity contribution in [3.63, 3.8) is 0 Å². The first-order valence-electron chi connectivity index (χ1n) is 4.16. The van der Waals surface area contributed by atoms with Gasteiger partial charge in [-0.25, -0.2) is 4.98 Å². The number of fused-ring (bicyclic) bond motifs is 1. The van der Waals surface area contributed by atoms with Crippen molar-refractivity contribution in [2.45, 2.75) is 0 Å². The fourth-order valence-corrected chi connectivity index (χ4v) is 2.08. The highest BCUT2D eigenvalue weighted by Crippen LogP contribution is 2.32. The molecule has 1 heterocycles. The molecule has 0 saturated carbocycles. The van der Waals surface area contributed by atoms with Gasteiger partial charge in [0.25, 0.3) is 0 Å². The SMILES string of the molecule is N#C/C=C/c1cc(O)c2nc(N)sc2c1. The molecule has 74 valence electrons. The Morgan fingerprint density at radius 1 is 1.53 bits per heavy atom. The molecule has 15 heavy (non-hydrogen) atoms. The number of rotatable bonds is 1. The molecule has 0 fully saturated rings. The average molecular weight is 217 g/mol. The molecule has 0 radical (unpaired) electrons. The van der Waals surface area contributed by atoms with Crippen molar-refractivity contribution in [2.75, 3.05) is 5.73 Å². The summed E-state index contributed by atoms with van der Waals surface area (Å²) in [5.41, 5.74) is 6.80. The number of nitrogens with two attached hydrogens (primary N) is 1. The Hall–Kier alpha value is -2.06. The Morgan fingerprint density at radius 2 is 2.33 bits per heavy atom. The van der Waals surface area contributed by atoms with E-state index in [1.165, 1.54) is 17.4 Å². The van der Waals surface area contributed by atoms with Crippen LogP contribution in [-0.4, -0.2) is 10.1 Å². The van der Waals surface area contributed by atoms with Gasteiger partial charge in [0.15, 0.2) is 5.13 Å². The third-order valence-electron chi connectivity index (χ3n) is 1.86. The monoisotopic (exact) mass is 217 g/mol. The van der Waals surface area contributed by atoms with Crippen molar-refractivity contribution in [1.29, 1.82) is 5.26 Å². The summed E-state index contributed by atoms with van der Waals surface area (Å²) in [6.07, 6.45) is 2.97. The molecule has 5 heteroatoms. The second-order valence-electron chi connectivity index (χ2n) is 2.90. The van der Waals surface area contributed by atoms with E-state index in [2.05, 4.69) is 4.98 Å². The number of benzene rings is 1. The fraction of sp³-hybridized carbons (Fsp3) is 0. The molecule has 2 aromatic rings. The number of thiazole rings is 1. The molecule has 1 aromatic carbocycles. The molecule has 0 saturated heterocycles. The molecule has 3 N–H and O–H groups in total. The van der Waals surface area contributed by atoms with E-state index in [4.69, 9.17) is 11.0 Å². The highest BCUT2D eigenvalue weighted by molar-refractivity contribution is 7.22. The number of hydrogen-bond donors (Lipinski definition) is 2. The van der Waals surface area contributed by atoms with Crippen LogP contribution in [0.2, 0.25) is 0 Å². The number of nitrogens with zero attached hydrogens (tertiary/aromatic N) is 2. The number of phenols is 1. The molecule has 0 spiro atoms. The first-order chi connectivity index (χ1) is 7.20. The smallest absolute Gasteiger partial charge is 0.181 e. The van der Waals surface area contributed by atoms with Crippen LogP contribution in [0.15, 0.2) is 18.2 Å². The number of anilines is 1. The zero-order valence-corrected chi connectivity index (χ0v) is 8.45. The van der Waals surface area contributed by atoms with Gasteiger partial charge in [-0.05, 0) is 23.8 Å². The minimum atomic E-state index is 0.0815. The summed E-state index contributed by atoms with van der Waals surface area (Å²) in [5.74, 6) is 0.0815. The Morgan fingerprint density at radius 3 is 3.07 bits per heavy atom. The predicted octanol–water partition coefficient (Wildman–Crippen LogP) is 2.12. The number of aromatic hydroxyl groups is 1. The minimum absolute atomic E-state index is 0.0815. The number of nitriles is 1. The second kappa shape index (κ2) is 3.59. The second-order valence-corrected chi connectivity index (χ2v) is 3.96. The van der Waals surface area contributed by atoms with Crippen molar-refractivity contribution in [2.24, 2.45) is 0 Å². The highest BCUT2D eigenvalue weighted by Gasteiger charge is 2.06. The minimum Gasteiger partial charge on any atom is -0.506 e. The maximum Gasteiger partial charge on any atom is 0.181 e. The van der Waals surface area contributed by atoms with Gasteiger partial charge in [0.1, 0.15) is 11.3 Å². The summed E-state index contributed by atoms with van der Waals surface area (Å²) in [6.45, 7) is 0. The zero-order valence-electron chi connectivity index (χ0n) is 7.64. The number of hydrogen-bond acceptors (Lipinski definition) is 5. The molecule has 0 bridgehead atoms. The lowest BCUT2D eigenvalue weighted by Gasteiger charge is -1.96. The first kappa shape index (κ1) is 9.49. The van der Waals surface area contributed by atoms with E-state index in [-0.39, 0.29) is 5.75 Å². The van der Waals surface area contributed by atoms with Gasteiger partial charge in [0, 0.05) is 6.08 Å². The Bertz CT molecular complexity index is 580. The normalized spacial score (nSPS) is 10.9. The van der Waals surface area contributed by atoms with Crippen LogP contribution in [0.3, 0.4) is 0 Å². The molecule has 1 aromatic heterocycles. The van der Waals surface area contributed by atoms with E-state index in [1.54, 1.807) is 12.1 Å². The lowest BCUT2D eigenvalue weighted by Crippen LogP contribution is -1.80. The lowest BCUT2D eigenvalue weighted by molar-refractivity contribution is 0.480. The van der Waals surface area contributed by atoms with Crippen LogP contribution in [0.5, 0.6) is 5.75 Å². The van der Waals surface area contributed by atoms with Crippen molar-refractivity contribution in [1.82, 2.24) is 4.98 Å². The highest BCUT2D eigenvalue weighted by atomic mass is 32.1. The Labute approximate surface area is 89.9 Å². The Kier molecular flexibility index (Phi) is 2.27. The number of phenolic OH excluding ortho intramolecular Hbond substituents is 1. The zero-order chi connectivity index (χ0) is 10.8. The summed E-state index contributed by atoms with van der Waals surface area (Å²) in [6, 6.07) is 5.27. The molecule has 4 nitrogen and oxygen atoms in total. The predicted molar refractivity (Wildman–Crippen MR) is 60.3 cm³/mol. The van der Waals surface area contributed by atoms with Gasteiger partial charge in [-0.15, -0.1) is 0 Å². The summed E-state index contributed by atoms with van der Waals surface area (Å²) in [5, 5.41) is 18.4. The van der Waals surface area contributed by atoms with Crippen LogP contribution in [0, 0.1) is 11.3 Å². The maximum absolute atomic E-state index is 9.64. The molecule has 0 amide bonds. The van der Waals surface area contributed by atoms with Crippen LogP contribution in [0.4, 0.5) is 5.13 Å². The maximum atomic E-state index is 9.64.